The molecule has 0 fully saturated rings. The summed E-state index contributed by atoms with van der Waals surface area (Å²) in [5, 5.41) is 18.3. The Morgan fingerprint density at radius 3 is 2.73 bits per heavy atom. The van der Waals surface area contributed by atoms with Crippen LogP contribution in [0, 0.1) is 0 Å². The zero-order valence-corrected chi connectivity index (χ0v) is 16.7. The summed E-state index contributed by atoms with van der Waals surface area (Å²) >= 11 is 0. The normalized spacial score (nSPS) is 11.9. The van der Waals surface area contributed by atoms with Crippen LogP contribution < -0.4 is 10.5 Å². The van der Waals surface area contributed by atoms with E-state index in [0.29, 0.717) is 11.5 Å². The van der Waals surface area contributed by atoms with Crippen LogP contribution >= 0.6 is 0 Å². The third-order valence-corrected chi connectivity index (χ3v) is 5.77. The van der Waals surface area contributed by atoms with Crippen molar-refractivity contribution in [1.82, 2.24) is 24.4 Å². The number of primary sulfonamides is 1. The number of hydrogen-bond acceptors (Lipinski definition) is 6. The van der Waals surface area contributed by atoms with Crippen molar-refractivity contribution >= 4 is 38.1 Å². The Hall–Kier alpha value is -3.76. The molecule has 9 nitrogen and oxygen atoms in total. The molecule has 0 aliphatic carbocycles. The highest BCUT2D eigenvalue weighted by Crippen LogP contribution is 2.25. The van der Waals surface area contributed by atoms with Gasteiger partial charge in [0.05, 0.1) is 34.0 Å². The molecule has 3 N–H and O–H groups in total. The largest absolute Gasteiger partial charge is 0.323 e. The highest BCUT2D eigenvalue weighted by molar-refractivity contribution is 7.89. The predicted molar refractivity (Wildman–Crippen MR) is 114 cm³/mol. The molecule has 0 aliphatic heterocycles. The average Bonchev–Trinajstić information content (AvgIpc) is 3.31. The van der Waals surface area contributed by atoms with Gasteiger partial charge in [-0.25, -0.2) is 23.1 Å². The number of nitrogens with zero attached hydrogens (tertiary/aromatic N) is 5. The van der Waals surface area contributed by atoms with Gasteiger partial charge in [-0.3, -0.25) is 4.68 Å². The zero-order chi connectivity index (χ0) is 20.9. The van der Waals surface area contributed by atoms with Gasteiger partial charge in [-0.05, 0) is 42.5 Å². The van der Waals surface area contributed by atoms with E-state index >= 15 is 0 Å². The third-order valence-electron chi connectivity index (χ3n) is 4.86. The van der Waals surface area contributed by atoms with Crippen molar-refractivity contribution in [2.75, 3.05) is 5.32 Å². The maximum Gasteiger partial charge on any atom is 0.245 e. The van der Waals surface area contributed by atoms with Gasteiger partial charge in [0.1, 0.15) is 0 Å². The number of aromatic nitrogens is 5. The lowest BCUT2D eigenvalue weighted by Gasteiger charge is -2.08. The fourth-order valence-corrected chi connectivity index (χ4v) is 3.94. The van der Waals surface area contributed by atoms with E-state index in [4.69, 9.17) is 5.14 Å². The summed E-state index contributed by atoms with van der Waals surface area (Å²) < 4.78 is 26.9. The second-order valence-corrected chi connectivity index (χ2v) is 8.44. The number of nitrogens with two attached hydrogens (primary N) is 1. The molecular weight excluding hydrogens is 402 g/mol. The van der Waals surface area contributed by atoms with Crippen molar-refractivity contribution in [3.63, 3.8) is 0 Å². The first kappa shape index (κ1) is 18.3. The molecule has 0 amide bonds. The second-order valence-electron chi connectivity index (χ2n) is 6.88. The Morgan fingerprint density at radius 1 is 1.03 bits per heavy atom. The number of sulfonamides is 1. The summed E-state index contributed by atoms with van der Waals surface area (Å²) in [4.78, 5) is 4.42. The Bertz CT molecular complexity index is 1520. The van der Waals surface area contributed by atoms with Crippen LogP contribution in [0.15, 0.2) is 71.9 Å². The minimum Gasteiger partial charge on any atom is -0.323 e. The van der Waals surface area contributed by atoms with Gasteiger partial charge in [-0.1, -0.05) is 12.1 Å². The molecule has 0 saturated heterocycles. The summed E-state index contributed by atoms with van der Waals surface area (Å²) in [6.45, 7) is 0. The number of hydrogen-bond donors (Lipinski definition) is 2. The molecule has 0 saturated carbocycles. The Labute approximate surface area is 171 Å². The number of aryl methyl sites for hydroxylation is 1. The molecule has 0 atom stereocenters. The molecule has 5 aromatic rings. The summed E-state index contributed by atoms with van der Waals surface area (Å²) in [5.74, 6) is 0.408. The molecule has 0 unspecified atom stereocenters. The van der Waals surface area contributed by atoms with Gasteiger partial charge in [-0.15, -0.1) is 5.10 Å². The summed E-state index contributed by atoms with van der Waals surface area (Å²) in [7, 11) is -1.90. The molecule has 0 bridgehead atoms. The maximum absolute atomic E-state index is 11.7. The van der Waals surface area contributed by atoms with Crippen molar-refractivity contribution in [3.8, 4) is 11.3 Å². The van der Waals surface area contributed by atoms with E-state index < -0.39 is 10.0 Å². The van der Waals surface area contributed by atoms with Crippen LogP contribution in [0.5, 0.6) is 0 Å². The average molecular weight is 419 g/mol. The Kier molecular flexibility index (Phi) is 4.05. The van der Waals surface area contributed by atoms with Crippen molar-refractivity contribution in [2.45, 2.75) is 4.90 Å². The molecule has 3 heterocycles. The van der Waals surface area contributed by atoms with E-state index in [1.54, 1.807) is 23.0 Å². The monoisotopic (exact) mass is 419 g/mol. The van der Waals surface area contributed by atoms with Crippen LogP contribution in [-0.4, -0.2) is 32.8 Å². The SMILES string of the molecule is Cn1ncc2cc(Nc3ncc4ccc(-c5cccc(S(N)(=O)=O)c5)n4n3)ccc21. The highest BCUT2D eigenvalue weighted by atomic mass is 32.2. The minimum atomic E-state index is -3.80. The molecular formula is C20H17N7O2S. The zero-order valence-electron chi connectivity index (χ0n) is 15.9. The van der Waals surface area contributed by atoms with Gasteiger partial charge in [0.2, 0.25) is 16.0 Å². The Morgan fingerprint density at radius 2 is 1.90 bits per heavy atom. The maximum atomic E-state index is 11.7. The number of benzene rings is 2. The molecule has 0 radical (unpaired) electrons. The molecule has 30 heavy (non-hydrogen) atoms. The van der Waals surface area contributed by atoms with Gasteiger partial charge >= 0.3 is 0 Å². The molecule has 0 aliphatic rings. The van der Waals surface area contributed by atoms with Gasteiger partial charge in [0.25, 0.3) is 0 Å². The lowest BCUT2D eigenvalue weighted by atomic mass is 10.2. The van der Waals surface area contributed by atoms with Gasteiger partial charge in [0, 0.05) is 23.7 Å². The standard InChI is InChI=1S/C20H17N7O2S/c1-26-18-7-5-15(9-14(18)11-23-26)24-20-22-12-16-6-8-19(27(16)25-20)13-3-2-4-17(10-13)30(21,28)29/h2-12H,1H3,(H,24,25)(H2,21,28,29). The Balaban J connectivity index is 1.54. The van der Waals surface area contributed by atoms with E-state index in [1.165, 1.54) is 12.1 Å². The van der Waals surface area contributed by atoms with Crippen LogP contribution in [-0.2, 0) is 17.1 Å². The summed E-state index contributed by atoms with van der Waals surface area (Å²) in [6, 6.07) is 16.1. The fraction of sp³-hybridized carbons (Fsp3) is 0.0500. The van der Waals surface area contributed by atoms with Crippen LogP contribution in [0.25, 0.3) is 27.7 Å². The van der Waals surface area contributed by atoms with Crippen molar-refractivity contribution in [3.05, 3.63) is 67.0 Å². The quantitative estimate of drug-likeness (QED) is 0.462. The smallest absolute Gasteiger partial charge is 0.245 e. The number of rotatable bonds is 4. The number of nitrogens with one attached hydrogen (secondary N) is 1. The molecule has 10 heteroatoms. The van der Waals surface area contributed by atoms with Crippen molar-refractivity contribution in [1.29, 1.82) is 0 Å². The van der Waals surface area contributed by atoms with Crippen LogP contribution in [0.3, 0.4) is 0 Å². The van der Waals surface area contributed by atoms with E-state index in [-0.39, 0.29) is 4.90 Å². The van der Waals surface area contributed by atoms with Crippen LogP contribution in [0.1, 0.15) is 0 Å². The summed E-state index contributed by atoms with van der Waals surface area (Å²) in [5.41, 5.74) is 4.05. The molecule has 5 rings (SSSR count). The van der Waals surface area contributed by atoms with Gasteiger partial charge < -0.3 is 5.32 Å². The lowest BCUT2D eigenvalue weighted by Crippen LogP contribution is -2.12. The first-order valence-electron chi connectivity index (χ1n) is 9.05. The van der Waals surface area contributed by atoms with E-state index in [9.17, 15) is 8.42 Å². The second kappa shape index (κ2) is 6.65. The number of anilines is 2. The summed E-state index contributed by atoms with van der Waals surface area (Å²) in [6.07, 6.45) is 3.50. The van der Waals surface area contributed by atoms with Crippen molar-refractivity contribution in [2.24, 2.45) is 12.2 Å². The minimum absolute atomic E-state index is 0.0483. The lowest BCUT2D eigenvalue weighted by molar-refractivity contribution is 0.598. The topological polar surface area (TPSA) is 120 Å². The fourth-order valence-electron chi connectivity index (χ4n) is 3.38. The molecule has 150 valence electrons. The van der Waals surface area contributed by atoms with E-state index in [2.05, 4.69) is 20.5 Å². The molecule has 0 spiro atoms. The first-order valence-corrected chi connectivity index (χ1v) is 10.6. The molecule has 2 aromatic carbocycles. The third kappa shape index (κ3) is 3.17. The highest BCUT2D eigenvalue weighted by Gasteiger charge is 2.12. The number of fused-ring (bicyclic) bond motifs is 2. The first-order chi connectivity index (χ1) is 14.4. The van der Waals surface area contributed by atoms with Gasteiger partial charge in [0.15, 0.2) is 0 Å². The van der Waals surface area contributed by atoms with Crippen LogP contribution in [0.4, 0.5) is 11.6 Å². The van der Waals surface area contributed by atoms with E-state index in [1.807, 2.05) is 48.1 Å². The van der Waals surface area contributed by atoms with Gasteiger partial charge in [-0.2, -0.15) is 5.10 Å². The molecule has 3 aromatic heterocycles. The van der Waals surface area contributed by atoms with Crippen molar-refractivity contribution < 1.29 is 8.42 Å². The predicted octanol–water partition coefficient (Wildman–Crippen LogP) is 2.67. The van der Waals surface area contributed by atoms with E-state index in [0.717, 1.165) is 27.8 Å². The van der Waals surface area contributed by atoms with Crippen LogP contribution in [0.2, 0.25) is 0 Å².